The van der Waals surface area contributed by atoms with Crippen LogP contribution in [-0.2, 0) is 9.53 Å². The van der Waals surface area contributed by atoms with E-state index in [9.17, 15) is 4.79 Å². The molecule has 5 nitrogen and oxygen atoms in total. The van der Waals surface area contributed by atoms with Crippen molar-refractivity contribution in [3.05, 3.63) is 24.3 Å². The molecule has 0 aliphatic rings. The van der Waals surface area contributed by atoms with Crippen LogP contribution in [-0.4, -0.2) is 26.2 Å². The van der Waals surface area contributed by atoms with Crippen molar-refractivity contribution in [1.29, 1.82) is 5.26 Å². The second-order valence-corrected chi connectivity index (χ2v) is 5.74. The first-order chi connectivity index (χ1) is 9.96. The standard InChI is InChI=1S/C16H23N3O2/c1-16(2,8-5-9-17)12-18-13-6-4-7-14(10-13)19-15(20)11-21-3/h4,6-7,10,18H,5,8,11-12H2,1-3H3,(H,19,20). The summed E-state index contributed by atoms with van der Waals surface area (Å²) in [7, 11) is 1.49. The van der Waals surface area contributed by atoms with Gasteiger partial charge in [0.15, 0.2) is 0 Å². The smallest absolute Gasteiger partial charge is 0.250 e. The van der Waals surface area contributed by atoms with E-state index in [2.05, 4.69) is 30.6 Å². The number of hydrogen-bond acceptors (Lipinski definition) is 4. The lowest BCUT2D eigenvalue weighted by Gasteiger charge is -2.24. The van der Waals surface area contributed by atoms with E-state index in [1.807, 2.05) is 24.3 Å². The second kappa shape index (κ2) is 8.28. The highest BCUT2D eigenvalue weighted by molar-refractivity contribution is 5.92. The zero-order valence-electron chi connectivity index (χ0n) is 12.9. The van der Waals surface area contributed by atoms with Gasteiger partial charge in [-0.15, -0.1) is 0 Å². The molecule has 0 aromatic heterocycles. The Morgan fingerprint density at radius 1 is 1.38 bits per heavy atom. The molecular weight excluding hydrogens is 266 g/mol. The van der Waals surface area contributed by atoms with Crippen LogP contribution in [0.4, 0.5) is 11.4 Å². The fraction of sp³-hybridized carbons (Fsp3) is 0.500. The van der Waals surface area contributed by atoms with Crippen molar-refractivity contribution in [1.82, 2.24) is 0 Å². The van der Waals surface area contributed by atoms with Crippen LogP contribution in [0.5, 0.6) is 0 Å². The fourth-order valence-electron chi connectivity index (χ4n) is 1.86. The molecule has 5 heteroatoms. The summed E-state index contributed by atoms with van der Waals surface area (Å²) in [5.41, 5.74) is 1.72. The molecule has 0 atom stereocenters. The molecule has 1 aromatic rings. The molecule has 2 N–H and O–H groups in total. The van der Waals surface area contributed by atoms with Crippen molar-refractivity contribution in [3.63, 3.8) is 0 Å². The summed E-state index contributed by atoms with van der Waals surface area (Å²) in [4.78, 5) is 11.5. The predicted molar refractivity (Wildman–Crippen MR) is 84.1 cm³/mol. The zero-order chi connectivity index (χ0) is 15.7. The molecule has 1 amide bonds. The first-order valence-corrected chi connectivity index (χ1v) is 6.96. The third-order valence-electron chi connectivity index (χ3n) is 3.11. The molecular formula is C16H23N3O2. The Bertz CT molecular complexity index is 506. The molecule has 0 heterocycles. The number of amides is 1. The minimum atomic E-state index is -0.177. The summed E-state index contributed by atoms with van der Waals surface area (Å²) in [6.45, 7) is 5.06. The van der Waals surface area contributed by atoms with E-state index in [0.29, 0.717) is 6.42 Å². The molecule has 114 valence electrons. The van der Waals surface area contributed by atoms with Crippen molar-refractivity contribution in [2.75, 3.05) is 30.9 Å². The minimum Gasteiger partial charge on any atom is -0.384 e. The number of anilines is 2. The highest BCUT2D eigenvalue weighted by Gasteiger charge is 2.17. The van der Waals surface area contributed by atoms with E-state index in [1.54, 1.807) is 0 Å². The SMILES string of the molecule is COCC(=O)Nc1cccc(NCC(C)(C)CCC#N)c1. The fourth-order valence-corrected chi connectivity index (χ4v) is 1.86. The first kappa shape index (κ1) is 17.0. The van der Waals surface area contributed by atoms with Crippen molar-refractivity contribution in [2.45, 2.75) is 26.7 Å². The Morgan fingerprint density at radius 2 is 2.10 bits per heavy atom. The van der Waals surface area contributed by atoms with E-state index in [-0.39, 0.29) is 17.9 Å². The summed E-state index contributed by atoms with van der Waals surface area (Å²) in [6, 6.07) is 9.73. The van der Waals surface area contributed by atoms with E-state index in [4.69, 9.17) is 10.00 Å². The number of benzene rings is 1. The molecule has 21 heavy (non-hydrogen) atoms. The Morgan fingerprint density at radius 3 is 2.76 bits per heavy atom. The monoisotopic (exact) mass is 289 g/mol. The number of hydrogen-bond donors (Lipinski definition) is 2. The number of ether oxygens (including phenoxy) is 1. The molecule has 0 saturated heterocycles. The van der Waals surface area contributed by atoms with Crippen LogP contribution in [0.25, 0.3) is 0 Å². The van der Waals surface area contributed by atoms with Gasteiger partial charge >= 0.3 is 0 Å². The van der Waals surface area contributed by atoms with Crippen LogP contribution >= 0.6 is 0 Å². The molecule has 0 aliphatic carbocycles. The summed E-state index contributed by atoms with van der Waals surface area (Å²) in [5, 5.41) is 14.8. The van der Waals surface area contributed by atoms with Gasteiger partial charge in [0, 0.05) is 31.5 Å². The maximum atomic E-state index is 11.5. The van der Waals surface area contributed by atoms with Crippen LogP contribution in [0.15, 0.2) is 24.3 Å². The van der Waals surface area contributed by atoms with Gasteiger partial charge in [-0.1, -0.05) is 19.9 Å². The molecule has 0 bridgehead atoms. The Balaban J connectivity index is 2.56. The number of nitriles is 1. The average molecular weight is 289 g/mol. The van der Waals surface area contributed by atoms with Crippen molar-refractivity contribution < 1.29 is 9.53 Å². The maximum absolute atomic E-state index is 11.5. The van der Waals surface area contributed by atoms with Gasteiger partial charge in [-0.05, 0) is 30.0 Å². The first-order valence-electron chi connectivity index (χ1n) is 6.96. The van der Waals surface area contributed by atoms with E-state index < -0.39 is 0 Å². The highest BCUT2D eigenvalue weighted by Crippen LogP contribution is 2.23. The largest absolute Gasteiger partial charge is 0.384 e. The number of rotatable bonds is 8. The summed E-state index contributed by atoms with van der Waals surface area (Å²) >= 11 is 0. The number of carbonyl (C=O) groups excluding carboxylic acids is 1. The molecule has 0 saturated carbocycles. The van der Waals surface area contributed by atoms with Gasteiger partial charge in [0.25, 0.3) is 0 Å². The molecule has 1 aromatic carbocycles. The molecule has 0 radical (unpaired) electrons. The maximum Gasteiger partial charge on any atom is 0.250 e. The number of carbonyl (C=O) groups is 1. The van der Waals surface area contributed by atoms with Crippen LogP contribution in [0.3, 0.4) is 0 Å². The summed E-state index contributed by atoms with van der Waals surface area (Å²) < 4.78 is 4.78. The van der Waals surface area contributed by atoms with Gasteiger partial charge < -0.3 is 15.4 Å². The van der Waals surface area contributed by atoms with Gasteiger partial charge in [-0.25, -0.2) is 0 Å². The summed E-state index contributed by atoms with van der Waals surface area (Å²) in [6.07, 6.45) is 1.41. The average Bonchev–Trinajstić information content (AvgIpc) is 2.44. The van der Waals surface area contributed by atoms with Crippen molar-refractivity contribution in [2.24, 2.45) is 5.41 Å². The molecule has 0 unspecified atom stereocenters. The van der Waals surface area contributed by atoms with Gasteiger partial charge in [0.2, 0.25) is 5.91 Å². The van der Waals surface area contributed by atoms with Crippen LogP contribution in [0.1, 0.15) is 26.7 Å². The Kier molecular flexibility index (Phi) is 6.70. The molecule has 0 aliphatic heterocycles. The minimum absolute atomic E-state index is 0.0405. The van der Waals surface area contributed by atoms with E-state index in [0.717, 1.165) is 24.3 Å². The number of nitrogens with zero attached hydrogens (tertiary/aromatic N) is 1. The number of nitrogens with one attached hydrogen (secondary N) is 2. The Labute approximate surface area is 126 Å². The zero-order valence-corrected chi connectivity index (χ0v) is 12.9. The van der Waals surface area contributed by atoms with E-state index in [1.165, 1.54) is 7.11 Å². The second-order valence-electron chi connectivity index (χ2n) is 5.74. The van der Waals surface area contributed by atoms with Gasteiger partial charge in [0.1, 0.15) is 6.61 Å². The van der Waals surface area contributed by atoms with Gasteiger partial charge in [0.05, 0.1) is 6.07 Å². The lowest BCUT2D eigenvalue weighted by atomic mass is 9.88. The lowest BCUT2D eigenvalue weighted by Crippen LogP contribution is -2.23. The highest BCUT2D eigenvalue weighted by atomic mass is 16.5. The van der Waals surface area contributed by atoms with Gasteiger partial charge in [-0.3, -0.25) is 4.79 Å². The lowest BCUT2D eigenvalue weighted by molar-refractivity contribution is -0.119. The predicted octanol–water partition coefficient (Wildman–Crippen LogP) is 3.01. The summed E-state index contributed by atoms with van der Waals surface area (Å²) in [5.74, 6) is -0.177. The molecule has 1 rings (SSSR count). The van der Waals surface area contributed by atoms with Crippen molar-refractivity contribution >= 4 is 17.3 Å². The third-order valence-corrected chi connectivity index (χ3v) is 3.11. The quantitative estimate of drug-likeness (QED) is 0.771. The van der Waals surface area contributed by atoms with Gasteiger partial charge in [-0.2, -0.15) is 5.26 Å². The normalized spacial score (nSPS) is 10.8. The topological polar surface area (TPSA) is 74.2 Å². The molecule has 0 fully saturated rings. The van der Waals surface area contributed by atoms with Crippen molar-refractivity contribution in [3.8, 4) is 6.07 Å². The van der Waals surface area contributed by atoms with E-state index >= 15 is 0 Å². The third kappa shape index (κ3) is 6.77. The number of methoxy groups -OCH3 is 1. The molecule has 0 spiro atoms. The van der Waals surface area contributed by atoms with Crippen LogP contribution in [0, 0.1) is 16.7 Å². The Hall–Kier alpha value is -2.06. The van der Waals surface area contributed by atoms with Crippen LogP contribution in [0.2, 0.25) is 0 Å². The van der Waals surface area contributed by atoms with Crippen LogP contribution < -0.4 is 10.6 Å².